The SMILES string of the molecule is CC(=O)OC[C@@]1(C)O[C@@H](OC(C)=O)[C@H](OC(C)=O)[C@H](OC(C)=O)[C@H]1OC(C)=O. The van der Waals surface area contributed by atoms with E-state index in [1.807, 2.05) is 0 Å². The Morgan fingerprint density at radius 1 is 0.714 bits per heavy atom. The van der Waals surface area contributed by atoms with E-state index < -0.39 is 66.7 Å². The number of carbonyl (C=O) groups excluding carboxylic acids is 5. The van der Waals surface area contributed by atoms with Crippen LogP contribution in [-0.4, -0.2) is 66.7 Å². The summed E-state index contributed by atoms with van der Waals surface area (Å²) in [4.78, 5) is 57.6. The van der Waals surface area contributed by atoms with Gasteiger partial charge in [0.25, 0.3) is 0 Å². The van der Waals surface area contributed by atoms with Gasteiger partial charge in [0, 0.05) is 34.6 Å². The van der Waals surface area contributed by atoms with Gasteiger partial charge in [-0.1, -0.05) is 0 Å². The lowest BCUT2D eigenvalue weighted by molar-refractivity contribution is -0.329. The van der Waals surface area contributed by atoms with Crippen molar-refractivity contribution in [3.63, 3.8) is 0 Å². The average molecular weight is 404 g/mol. The minimum atomic E-state index is -1.59. The van der Waals surface area contributed by atoms with Gasteiger partial charge in [-0.25, -0.2) is 0 Å². The van der Waals surface area contributed by atoms with Gasteiger partial charge in [0.15, 0.2) is 12.2 Å². The first kappa shape index (κ1) is 23.3. The molecule has 1 heterocycles. The van der Waals surface area contributed by atoms with E-state index in [-0.39, 0.29) is 0 Å². The van der Waals surface area contributed by atoms with E-state index in [1.54, 1.807) is 0 Å². The first-order valence-corrected chi connectivity index (χ1v) is 8.35. The van der Waals surface area contributed by atoms with Crippen LogP contribution in [0, 0.1) is 0 Å². The number of rotatable bonds is 6. The molecule has 0 aromatic carbocycles. The van der Waals surface area contributed by atoms with Crippen LogP contribution in [-0.2, 0) is 52.4 Å². The molecule has 1 saturated heterocycles. The third kappa shape index (κ3) is 6.48. The Hall–Kier alpha value is -2.69. The summed E-state index contributed by atoms with van der Waals surface area (Å²) in [5.74, 6) is -3.75. The van der Waals surface area contributed by atoms with Crippen molar-refractivity contribution >= 4 is 29.8 Å². The fraction of sp³-hybridized carbons (Fsp3) is 0.706. The van der Waals surface area contributed by atoms with Crippen molar-refractivity contribution in [2.24, 2.45) is 0 Å². The molecule has 1 rings (SSSR count). The van der Waals surface area contributed by atoms with Gasteiger partial charge in [0.2, 0.25) is 12.4 Å². The van der Waals surface area contributed by atoms with Gasteiger partial charge < -0.3 is 28.4 Å². The van der Waals surface area contributed by atoms with E-state index in [4.69, 9.17) is 28.4 Å². The van der Waals surface area contributed by atoms with Crippen LogP contribution in [0.4, 0.5) is 0 Å². The number of esters is 5. The predicted octanol–water partition coefficient (Wildman–Crippen LogP) is 0.0227. The standard InChI is InChI=1S/C17H24O11/c1-8(18)23-7-17(6)15(26-11(4)21)13(24-9(2)19)14(25-10(3)20)16(28-17)27-12(5)22/h13-16H,7H2,1-6H3/t13-,14+,15+,16+,17+/m0/s1. The molecule has 0 N–H and O–H groups in total. The van der Waals surface area contributed by atoms with Gasteiger partial charge in [0.1, 0.15) is 12.2 Å². The summed E-state index contributed by atoms with van der Waals surface area (Å²) in [6.07, 6.45) is -5.69. The molecular formula is C17H24O11. The zero-order valence-electron chi connectivity index (χ0n) is 16.5. The summed E-state index contributed by atoms with van der Waals surface area (Å²) >= 11 is 0. The largest absolute Gasteiger partial charge is 0.463 e. The fourth-order valence-corrected chi connectivity index (χ4v) is 2.70. The van der Waals surface area contributed by atoms with Crippen molar-refractivity contribution in [1.82, 2.24) is 0 Å². The minimum Gasteiger partial charge on any atom is -0.463 e. The third-order valence-corrected chi connectivity index (χ3v) is 3.62. The zero-order valence-corrected chi connectivity index (χ0v) is 16.5. The van der Waals surface area contributed by atoms with Gasteiger partial charge in [-0.15, -0.1) is 0 Å². The molecule has 0 radical (unpaired) electrons. The van der Waals surface area contributed by atoms with Gasteiger partial charge in [-0.2, -0.15) is 0 Å². The Labute approximate surface area is 161 Å². The molecule has 158 valence electrons. The summed E-state index contributed by atoms with van der Waals surface area (Å²) in [5.41, 5.74) is -1.59. The van der Waals surface area contributed by atoms with Crippen molar-refractivity contribution in [1.29, 1.82) is 0 Å². The molecule has 28 heavy (non-hydrogen) atoms. The maximum atomic E-state index is 11.6. The molecular weight excluding hydrogens is 380 g/mol. The van der Waals surface area contributed by atoms with E-state index in [2.05, 4.69) is 0 Å². The summed E-state index contributed by atoms with van der Waals surface area (Å²) in [7, 11) is 0. The molecule has 0 unspecified atom stereocenters. The normalized spacial score (nSPS) is 29.2. The van der Waals surface area contributed by atoms with Crippen LogP contribution in [0.1, 0.15) is 41.5 Å². The third-order valence-electron chi connectivity index (χ3n) is 3.62. The quantitative estimate of drug-likeness (QED) is 0.437. The second-order valence-corrected chi connectivity index (χ2v) is 6.37. The second-order valence-electron chi connectivity index (χ2n) is 6.37. The Kier molecular flexibility index (Phi) is 7.91. The first-order valence-electron chi connectivity index (χ1n) is 8.35. The molecule has 0 aliphatic carbocycles. The number of hydrogen-bond donors (Lipinski definition) is 0. The second kappa shape index (κ2) is 9.49. The molecule has 0 saturated carbocycles. The molecule has 0 aromatic rings. The molecule has 0 aromatic heterocycles. The molecule has 1 aliphatic heterocycles. The van der Waals surface area contributed by atoms with Crippen LogP contribution in [0.5, 0.6) is 0 Å². The minimum absolute atomic E-state index is 0.428. The van der Waals surface area contributed by atoms with Crippen LogP contribution in [0.25, 0.3) is 0 Å². The van der Waals surface area contributed by atoms with Crippen molar-refractivity contribution in [2.45, 2.75) is 71.7 Å². The van der Waals surface area contributed by atoms with E-state index in [1.165, 1.54) is 6.92 Å². The number of hydrogen-bond acceptors (Lipinski definition) is 11. The van der Waals surface area contributed by atoms with Crippen LogP contribution >= 0.6 is 0 Å². The lowest BCUT2D eigenvalue weighted by Crippen LogP contribution is -2.68. The molecule has 1 aliphatic rings. The summed E-state index contributed by atoms with van der Waals surface area (Å²) < 4.78 is 31.4. The molecule has 1 fully saturated rings. The van der Waals surface area contributed by atoms with E-state index >= 15 is 0 Å². The van der Waals surface area contributed by atoms with Crippen molar-refractivity contribution in [2.75, 3.05) is 6.61 Å². The van der Waals surface area contributed by atoms with E-state index in [9.17, 15) is 24.0 Å². The summed E-state index contributed by atoms with van der Waals surface area (Å²) in [6.45, 7) is 6.51. The first-order chi connectivity index (χ1) is 12.9. The monoisotopic (exact) mass is 404 g/mol. The van der Waals surface area contributed by atoms with Gasteiger partial charge in [-0.3, -0.25) is 24.0 Å². The zero-order chi connectivity index (χ0) is 21.6. The smallest absolute Gasteiger partial charge is 0.305 e. The predicted molar refractivity (Wildman–Crippen MR) is 88.3 cm³/mol. The highest BCUT2D eigenvalue weighted by atomic mass is 16.8. The molecule has 0 bridgehead atoms. The maximum Gasteiger partial charge on any atom is 0.305 e. The van der Waals surface area contributed by atoms with E-state index in [0.29, 0.717) is 0 Å². The maximum absolute atomic E-state index is 11.6. The Balaban J connectivity index is 3.44. The lowest BCUT2D eigenvalue weighted by Gasteiger charge is -2.48. The average Bonchev–Trinajstić information content (AvgIpc) is 2.51. The molecule has 11 heteroatoms. The van der Waals surface area contributed by atoms with Gasteiger partial charge in [0.05, 0.1) is 0 Å². The highest BCUT2D eigenvalue weighted by Gasteiger charge is 2.59. The fourth-order valence-electron chi connectivity index (χ4n) is 2.70. The number of carbonyl (C=O) groups is 5. The summed E-state index contributed by atoms with van der Waals surface area (Å²) in [6, 6.07) is 0. The van der Waals surface area contributed by atoms with Crippen molar-refractivity contribution in [3.05, 3.63) is 0 Å². The molecule has 5 atom stereocenters. The summed E-state index contributed by atoms with van der Waals surface area (Å²) in [5, 5.41) is 0. The number of ether oxygens (including phenoxy) is 6. The van der Waals surface area contributed by atoms with Crippen LogP contribution in [0.3, 0.4) is 0 Å². The van der Waals surface area contributed by atoms with Gasteiger partial charge in [-0.05, 0) is 6.92 Å². The Morgan fingerprint density at radius 3 is 1.61 bits per heavy atom. The molecule has 0 amide bonds. The lowest BCUT2D eigenvalue weighted by atomic mass is 9.88. The Morgan fingerprint density at radius 2 is 1.18 bits per heavy atom. The molecule has 11 nitrogen and oxygen atoms in total. The van der Waals surface area contributed by atoms with Crippen molar-refractivity contribution < 1.29 is 52.4 Å². The van der Waals surface area contributed by atoms with Gasteiger partial charge >= 0.3 is 29.8 Å². The van der Waals surface area contributed by atoms with E-state index in [0.717, 1.165) is 34.6 Å². The van der Waals surface area contributed by atoms with Crippen LogP contribution in [0.2, 0.25) is 0 Å². The van der Waals surface area contributed by atoms with Crippen molar-refractivity contribution in [3.8, 4) is 0 Å². The van der Waals surface area contributed by atoms with Crippen LogP contribution in [0.15, 0.2) is 0 Å². The highest BCUT2D eigenvalue weighted by Crippen LogP contribution is 2.36. The Bertz CT molecular complexity index is 643. The van der Waals surface area contributed by atoms with Crippen LogP contribution < -0.4 is 0 Å². The molecule has 0 spiro atoms. The highest BCUT2D eigenvalue weighted by molar-refractivity contribution is 5.69. The topological polar surface area (TPSA) is 141 Å².